The van der Waals surface area contributed by atoms with Crippen molar-refractivity contribution < 1.29 is 14.7 Å². The summed E-state index contributed by atoms with van der Waals surface area (Å²) in [7, 11) is 0. The summed E-state index contributed by atoms with van der Waals surface area (Å²) in [6, 6.07) is 3.29. The van der Waals surface area contributed by atoms with Crippen LogP contribution in [0.1, 0.15) is 52.3 Å². The lowest BCUT2D eigenvalue weighted by molar-refractivity contribution is -0.115. The summed E-state index contributed by atoms with van der Waals surface area (Å²) < 4.78 is 1.95. The van der Waals surface area contributed by atoms with Crippen LogP contribution in [0.3, 0.4) is 0 Å². The molecule has 140 valence electrons. The van der Waals surface area contributed by atoms with E-state index >= 15 is 0 Å². The maximum Gasteiger partial charge on any atom is 0.336 e. The van der Waals surface area contributed by atoms with E-state index in [9.17, 15) is 14.7 Å². The fourth-order valence-corrected chi connectivity index (χ4v) is 3.09. The first-order valence-corrected chi connectivity index (χ1v) is 8.77. The third-order valence-electron chi connectivity index (χ3n) is 4.48. The topological polar surface area (TPSA) is 84.2 Å². The fraction of sp³-hybridized carbons (Fsp3) is 0.450. The number of carbonyl (C=O) groups is 2. The highest BCUT2D eigenvalue weighted by Crippen LogP contribution is 2.22. The van der Waals surface area contributed by atoms with Gasteiger partial charge in [0.05, 0.1) is 17.7 Å². The molecule has 0 aliphatic heterocycles. The number of aryl methyl sites for hydroxylation is 3. The second-order valence-electron chi connectivity index (χ2n) is 7.24. The number of benzene rings is 1. The number of anilines is 1. The molecular formula is C20H27N3O3. The minimum atomic E-state index is -1.00. The van der Waals surface area contributed by atoms with E-state index in [-0.39, 0.29) is 17.9 Å². The number of aromatic carboxylic acids is 1. The zero-order valence-corrected chi connectivity index (χ0v) is 16.3. The van der Waals surface area contributed by atoms with Crippen molar-refractivity contribution >= 4 is 17.6 Å². The zero-order valence-electron chi connectivity index (χ0n) is 16.3. The number of rotatable bonds is 6. The molecule has 6 heteroatoms. The second kappa shape index (κ2) is 7.72. The van der Waals surface area contributed by atoms with Crippen molar-refractivity contribution in [2.45, 2.75) is 54.5 Å². The van der Waals surface area contributed by atoms with Crippen molar-refractivity contribution in [2.24, 2.45) is 5.92 Å². The number of hydrogen-bond acceptors (Lipinski definition) is 3. The van der Waals surface area contributed by atoms with Crippen molar-refractivity contribution in [3.8, 4) is 0 Å². The molecule has 0 aliphatic carbocycles. The lowest BCUT2D eigenvalue weighted by atomic mass is 10.0. The average molecular weight is 357 g/mol. The summed E-state index contributed by atoms with van der Waals surface area (Å²) in [6.45, 7) is 12.6. The van der Waals surface area contributed by atoms with Crippen LogP contribution in [0.4, 0.5) is 5.69 Å². The second-order valence-corrected chi connectivity index (χ2v) is 7.24. The van der Waals surface area contributed by atoms with Crippen LogP contribution >= 0.6 is 0 Å². The number of nitrogens with one attached hydrogen (secondary N) is 1. The number of carbonyl (C=O) groups excluding carboxylic acids is 1. The van der Waals surface area contributed by atoms with Gasteiger partial charge in [0.2, 0.25) is 5.91 Å². The van der Waals surface area contributed by atoms with Crippen LogP contribution in [0.25, 0.3) is 0 Å². The van der Waals surface area contributed by atoms with Gasteiger partial charge in [-0.3, -0.25) is 9.48 Å². The highest BCUT2D eigenvalue weighted by Gasteiger charge is 2.17. The summed E-state index contributed by atoms with van der Waals surface area (Å²) in [5.74, 6) is -0.706. The Morgan fingerprint density at radius 3 is 2.38 bits per heavy atom. The first-order valence-electron chi connectivity index (χ1n) is 8.77. The van der Waals surface area contributed by atoms with Gasteiger partial charge in [-0.1, -0.05) is 19.9 Å². The summed E-state index contributed by atoms with van der Waals surface area (Å²) >= 11 is 0. The van der Waals surface area contributed by atoms with E-state index in [2.05, 4.69) is 24.3 Å². The fourth-order valence-electron chi connectivity index (χ4n) is 3.09. The number of nitrogens with zero attached hydrogens (tertiary/aromatic N) is 2. The molecule has 2 N–H and O–H groups in total. The predicted octanol–water partition coefficient (Wildman–Crippen LogP) is 3.65. The lowest BCUT2D eigenvalue weighted by Gasteiger charge is -2.12. The van der Waals surface area contributed by atoms with Crippen LogP contribution in [-0.2, 0) is 17.8 Å². The number of carboxylic acids is 1. The van der Waals surface area contributed by atoms with Gasteiger partial charge in [0, 0.05) is 23.5 Å². The molecule has 0 saturated heterocycles. The van der Waals surface area contributed by atoms with Gasteiger partial charge in [-0.15, -0.1) is 0 Å². The van der Waals surface area contributed by atoms with Crippen molar-refractivity contribution in [1.82, 2.24) is 9.78 Å². The monoisotopic (exact) mass is 357 g/mol. The normalized spacial score (nSPS) is 11.0. The summed E-state index contributed by atoms with van der Waals surface area (Å²) in [6.07, 6.45) is 0.214. The molecule has 1 amide bonds. The van der Waals surface area contributed by atoms with Gasteiger partial charge in [-0.25, -0.2) is 4.79 Å². The lowest BCUT2D eigenvalue weighted by Crippen LogP contribution is -2.17. The molecule has 6 nitrogen and oxygen atoms in total. The number of hydrogen-bond donors (Lipinski definition) is 2. The van der Waals surface area contributed by atoms with Crippen LogP contribution in [-0.4, -0.2) is 26.8 Å². The van der Waals surface area contributed by atoms with Crippen molar-refractivity contribution in [3.05, 3.63) is 45.8 Å². The molecule has 0 unspecified atom stereocenters. The minimum Gasteiger partial charge on any atom is -0.478 e. The van der Waals surface area contributed by atoms with E-state index in [0.717, 1.165) is 29.1 Å². The van der Waals surface area contributed by atoms with Crippen molar-refractivity contribution in [1.29, 1.82) is 0 Å². The van der Waals surface area contributed by atoms with Crippen LogP contribution in [0.5, 0.6) is 0 Å². The number of amides is 1. The highest BCUT2D eigenvalue weighted by atomic mass is 16.4. The van der Waals surface area contributed by atoms with Gasteiger partial charge in [0.1, 0.15) is 0 Å². The molecule has 26 heavy (non-hydrogen) atoms. The smallest absolute Gasteiger partial charge is 0.336 e. The first kappa shape index (κ1) is 19.7. The van der Waals surface area contributed by atoms with Crippen molar-refractivity contribution in [3.63, 3.8) is 0 Å². The van der Waals surface area contributed by atoms with E-state index < -0.39 is 5.97 Å². The van der Waals surface area contributed by atoms with Crippen LogP contribution < -0.4 is 5.32 Å². The maximum absolute atomic E-state index is 12.5. The van der Waals surface area contributed by atoms with Gasteiger partial charge in [0.15, 0.2) is 0 Å². The predicted molar refractivity (Wildman–Crippen MR) is 102 cm³/mol. The Balaban J connectivity index is 2.21. The summed E-state index contributed by atoms with van der Waals surface area (Å²) in [5, 5.41) is 16.7. The van der Waals surface area contributed by atoms with E-state index in [1.165, 1.54) is 6.07 Å². The van der Waals surface area contributed by atoms with E-state index in [0.29, 0.717) is 17.2 Å². The molecule has 0 bridgehead atoms. The number of aromatic nitrogens is 2. The Labute approximate surface area is 154 Å². The SMILES string of the molecule is Cc1cc(C)c(C(=O)O)cc1NC(=O)Cc1c(C)nn(CC(C)C)c1C. The van der Waals surface area contributed by atoms with E-state index in [4.69, 9.17) is 0 Å². The molecular weight excluding hydrogens is 330 g/mol. The Kier molecular flexibility index (Phi) is 5.85. The molecule has 0 fully saturated rings. The quantitative estimate of drug-likeness (QED) is 0.826. The highest BCUT2D eigenvalue weighted by molar-refractivity contribution is 5.96. The van der Waals surface area contributed by atoms with Gasteiger partial charge in [-0.05, 0) is 50.8 Å². The maximum atomic E-state index is 12.5. The Morgan fingerprint density at radius 1 is 1.15 bits per heavy atom. The zero-order chi connectivity index (χ0) is 19.6. The van der Waals surface area contributed by atoms with E-state index in [1.54, 1.807) is 13.0 Å². The number of carboxylic acid groups (broad SMARTS) is 1. The molecule has 0 aliphatic rings. The Bertz CT molecular complexity index is 850. The van der Waals surface area contributed by atoms with Gasteiger partial charge in [0.25, 0.3) is 0 Å². The third-order valence-corrected chi connectivity index (χ3v) is 4.48. The standard InChI is InChI=1S/C20H27N3O3/c1-11(2)10-23-15(6)17(14(5)22-23)9-19(24)21-18-8-16(20(25)26)12(3)7-13(18)4/h7-8,11H,9-10H2,1-6H3,(H,21,24)(H,25,26). The molecule has 1 aromatic carbocycles. The molecule has 2 rings (SSSR count). The molecule has 0 spiro atoms. The van der Waals surface area contributed by atoms with Gasteiger partial charge in [-0.2, -0.15) is 5.10 Å². The van der Waals surface area contributed by atoms with Crippen molar-refractivity contribution in [2.75, 3.05) is 5.32 Å². The summed E-state index contributed by atoms with van der Waals surface area (Å²) in [4.78, 5) is 23.9. The largest absolute Gasteiger partial charge is 0.478 e. The molecule has 1 aromatic heterocycles. The Hall–Kier alpha value is -2.63. The van der Waals surface area contributed by atoms with Gasteiger partial charge >= 0.3 is 5.97 Å². The molecule has 0 radical (unpaired) electrons. The molecule has 2 aromatic rings. The first-order chi connectivity index (χ1) is 12.1. The van der Waals surface area contributed by atoms with E-state index in [1.807, 2.05) is 25.5 Å². The molecule has 1 heterocycles. The van der Waals surface area contributed by atoms with Gasteiger partial charge < -0.3 is 10.4 Å². The average Bonchev–Trinajstić information content (AvgIpc) is 2.76. The minimum absolute atomic E-state index is 0.177. The van der Waals surface area contributed by atoms with Crippen LogP contribution in [0, 0.1) is 33.6 Å². The molecule has 0 saturated carbocycles. The van der Waals surface area contributed by atoms with Crippen LogP contribution in [0.15, 0.2) is 12.1 Å². The molecule has 0 atom stereocenters. The summed E-state index contributed by atoms with van der Waals surface area (Å²) in [5.41, 5.74) is 5.01. The third kappa shape index (κ3) is 4.31. The van der Waals surface area contributed by atoms with Crippen LogP contribution in [0.2, 0.25) is 0 Å². The Morgan fingerprint density at radius 2 is 1.81 bits per heavy atom.